The zero-order valence-corrected chi connectivity index (χ0v) is 10.7. The van der Waals surface area contributed by atoms with Crippen molar-refractivity contribution in [2.45, 2.75) is 23.8 Å². The Balaban J connectivity index is 2.00. The zero-order valence-electron chi connectivity index (χ0n) is 9.13. The lowest BCUT2D eigenvalue weighted by Gasteiger charge is -2.10. The predicted molar refractivity (Wildman–Crippen MR) is 63.6 cm³/mol. The van der Waals surface area contributed by atoms with Gasteiger partial charge in [0.1, 0.15) is 0 Å². The van der Waals surface area contributed by atoms with Gasteiger partial charge in [0.2, 0.25) is 0 Å². The van der Waals surface area contributed by atoms with Crippen LogP contribution in [-0.2, 0) is 19.0 Å². The molecule has 0 N–H and O–H groups in total. The van der Waals surface area contributed by atoms with Crippen LogP contribution in [0.15, 0.2) is 29.2 Å². The van der Waals surface area contributed by atoms with Crippen molar-refractivity contribution in [3.05, 3.63) is 29.3 Å². The fraction of sp³-hybridized carbons (Fsp3) is 0.455. The molecule has 0 aromatic heterocycles. The first kappa shape index (κ1) is 12.8. The van der Waals surface area contributed by atoms with E-state index in [1.54, 1.807) is 0 Å². The Hall–Kier alpha value is -0.620. The molecule has 0 radical (unpaired) electrons. The van der Waals surface area contributed by atoms with E-state index in [0.29, 0.717) is 11.6 Å². The standard InChI is InChI=1S/C11H13ClO4S/c12-9-3-5-11(6-4-9)17(13,14)16-8-10-2-1-7-15-10/h3-6,10H,1-2,7-8H2/t10-/m1/s1. The summed E-state index contributed by atoms with van der Waals surface area (Å²) in [6.45, 7) is 0.750. The molecule has 1 aromatic carbocycles. The van der Waals surface area contributed by atoms with Crippen LogP contribution in [0.4, 0.5) is 0 Å². The van der Waals surface area contributed by atoms with E-state index in [2.05, 4.69) is 0 Å². The highest BCUT2D eigenvalue weighted by atomic mass is 35.5. The molecule has 0 amide bonds. The lowest BCUT2D eigenvalue weighted by atomic mass is 10.2. The molecule has 1 aromatic rings. The summed E-state index contributed by atoms with van der Waals surface area (Å²) in [5.41, 5.74) is 0. The second-order valence-electron chi connectivity index (χ2n) is 3.83. The molecule has 0 saturated carbocycles. The third kappa shape index (κ3) is 3.42. The van der Waals surface area contributed by atoms with E-state index < -0.39 is 10.1 Å². The summed E-state index contributed by atoms with van der Waals surface area (Å²) in [7, 11) is -3.70. The van der Waals surface area contributed by atoms with Crippen molar-refractivity contribution in [1.29, 1.82) is 0 Å². The molecular formula is C11H13ClO4S. The highest BCUT2D eigenvalue weighted by molar-refractivity contribution is 7.86. The molecule has 6 heteroatoms. The summed E-state index contributed by atoms with van der Waals surface area (Å²) < 4.78 is 33.8. The minimum Gasteiger partial charge on any atom is -0.376 e. The van der Waals surface area contributed by atoms with Gasteiger partial charge >= 0.3 is 0 Å². The second kappa shape index (κ2) is 5.35. The summed E-state index contributed by atoms with van der Waals surface area (Å²) in [5, 5.41) is 0.489. The number of hydrogen-bond acceptors (Lipinski definition) is 4. The van der Waals surface area contributed by atoms with Crippen molar-refractivity contribution in [2.75, 3.05) is 13.2 Å². The SMILES string of the molecule is O=S(=O)(OC[C@H]1CCCO1)c1ccc(Cl)cc1. The maximum atomic E-state index is 11.8. The molecule has 1 saturated heterocycles. The molecule has 1 fully saturated rings. The van der Waals surface area contributed by atoms with Crippen LogP contribution in [0.5, 0.6) is 0 Å². The van der Waals surface area contributed by atoms with Gasteiger partial charge in [-0.2, -0.15) is 8.42 Å². The second-order valence-corrected chi connectivity index (χ2v) is 5.88. The van der Waals surface area contributed by atoms with Gasteiger partial charge in [-0.15, -0.1) is 0 Å². The normalized spacial score (nSPS) is 20.6. The molecule has 94 valence electrons. The van der Waals surface area contributed by atoms with Crippen molar-refractivity contribution in [1.82, 2.24) is 0 Å². The maximum absolute atomic E-state index is 11.8. The fourth-order valence-corrected chi connectivity index (χ4v) is 2.67. The maximum Gasteiger partial charge on any atom is 0.297 e. The van der Waals surface area contributed by atoms with E-state index in [1.165, 1.54) is 24.3 Å². The Labute approximate surface area is 106 Å². The smallest absolute Gasteiger partial charge is 0.297 e. The van der Waals surface area contributed by atoms with Crippen molar-refractivity contribution in [2.24, 2.45) is 0 Å². The van der Waals surface area contributed by atoms with E-state index in [4.69, 9.17) is 20.5 Å². The Morgan fingerprint density at radius 2 is 2.06 bits per heavy atom. The first-order valence-corrected chi connectivity index (χ1v) is 7.13. The van der Waals surface area contributed by atoms with Crippen LogP contribution in [0, 0.1) is 0 Å². The quantitative estimate of drug-likeness (QED) is 0.792. The van der Waals surface area contributed by atoms with Crippen LogP contribution < -0.4 is 0 Å². The number of rotatable bonds is 4. The van der Waals surface area contributed by atoms with E-state index >= 15 is 0 Å². The number of ether oxygens (including phenoxy) is 1. The molecule has 4 nitrogen and oxygen atoms in total. The average Bonchev–Trinajstić information content (AvgIpc) is 2.80. The first-order chi connectivity index (χ1) is 8.08. The predicted octanol–water partition coefficient (Wildman–Crippen LogP) is 2.22. The third-order valence-electron chi connectivity index (χ3n) is 2.54. The molecule has 17 heavy (non-hydrogen) atoms. The minimum absolute atomic E-state index is 0.0744. The van der Waals surface area contributed by atoms with Crippen LogP contribution in [0.2, 0.25) is 5.02 Å². The monoisotopic (exact) mass is 276 g/mol. The molecule has 1 aliphatic rings. The van der Waals surface area contributed by atoms with Gasteiger partial charge in [-0.25, -0.2) is 0 Å². The summed E-state index contributed by atoms with van der Waals surface area (Å²) >= 11 is 5.69. The highest BCUT2D eigenvalue weighted by Crippen LogP contribution is 2.18. The fourth-order valence-electron chi connectivity index (χ4n) is 1.61. The Morgan fingerprint density at radius 3 is 2.65 bits per heavy atom. The van der Waals surface area contributed by atoms with Crippen molar-refractivity contribution < 1.29 is 17.3 Å². The van der Waals surface area contributed by atoms with E-state index in [-0.39, 0.29) is 17.6 Å². The van der Waals surface area contributed by atoms with Crippen molar-refractivity contribution in [3.8, 4) is 0 Å². The summed E-state index contributed by atoms with van der Waals surface area (Å²) in [4.78, 5) is 0.111. The van der Waals surface area contributed by atoms with Crippen molar-refractivity contribution in [3.63, 3.8) is 0 Å². The summed E-state index contributed by atoms with van der Waals surface area (Å²) in [5.74, 6) is 0. The van der Waals surface area contributed by atoms with Gasteiger partial charge in [-0.1, -0.05) is 11.6 Å². The van der Waals surface area contributed by atoms with Gasteiger partial charge in [0.15, 0.2) is 0 Å². The van der Waals surface area contributed by atoms with Gasteiger partial charge in [0, 0.05) is 11.6 Å². The Kier molecular flexibility index (Phi) is 4.04. The van der Waals surface area contributed by atoms with Crippen LogP contribution in [0.3, 0.4) is 0 Å². The minimum atomic E-state index is -3.70. The molecule has 2 rings (SSSR count). The Bertz CT molecular complexity index is 463. The van der Waals surface area contributed by atoms with E-state index in [9.17, 15) is 8.42 Å². The number of hydrogen-bond donors (Lipinski definition) is 0. The molecule has 0 bridgehead atoms. The highest BCUT2D eigenvalue weighted by Gasteiger charge is 2.21. The van der Waals surface area contributed by atoms with Gasteiger partial charge in [0.25, 0.3) is 10.1 Å². The topological polar surface area (TPSA) is 52.6 Å². The van der Waals surface area contributed by atoms with Crippen LogP contribution in [0.25, 0.3) is 0 Å². The van der Waals surface area contributed by atoms with Crippen LogP contribution >= 0.6 is 11.6 Å². The molecular weight excluding hydrogens is 264 g/mol. The van der Waals surface area contributed by atoms with Gasteiger partial charge in [-0.3, -0.25) is 4.18 Å². The molecule has 0 spiro atoms. The van der Waals surface area contributed by atoms with E-state index in [1.807, 2.05) is 0 Å². The average molecular weight is 277 g/mol. The molecule has 1 heterocycles. The number of halogens is 1. The Morgan fingerprint density at radius 1 is 1.35 bits per heavy atom. The summed E-state index contributed by atoms with van der Waals surface area (Å²) in [6.07, 6.45) is 1.68. The largest absolute Gasteiger partial charge is 0.376 e. The van der Waals surface area contributed by atoms with Gasteiger partial charge in [-0.05, 0) is 37.1 Å². The van der Waals surface area contributed by atoms with Crippen LogP contribution in [-0.4, -0.2) is 27.7 Å². The van der Waals surface area contributed by atoms with Gasteiger partial charge < -0.3 is 4.74 Å². The third-order valence-corrected chi connectivity index (χ3v) is 4.08. The van der Waals surface area contributed by atoms with Crippen LogP contribution in [0.1, 0.15) is 12.8 Å². The lowest BCUT2D eigenvalue weighted by molar-refractivity contribution is 0.0701. The van der Waals surface area contributed by atoms with Crippen molar-refractivity contribution >= 4 is 21.7 Å². The first-order valence-electron chi connectivity index (χ1n) is 5.34. The number of benzene rings is 1. The summed E-state index contributed by atoms with van der Waals surface area (Å²) in [6, 6.07) is 5.88. The lowest BCUT2D eigenvalue weighted by Crippen LogP contribution is -2.18. The molecule has 1 atom stereocenters. The van der Waals surface area contributed by atoms with E-state index in [0.717, 1.165) is 12.8 Å². The van der Waals surface area contributed by atoms with Gasteiger partial charge in [0.05, 0.1) is 17.6 Å². The molecule has 0 unspecified atom stereocenters. The molecule has 1 aliphatic heterocycles. The zero-order chi connectivity index (χ0) is 12.3. The molecule has 0 aliphatic carbocycles.